The van der Waals surface area contributed by atoms with Gasteiger partial charge in [-0.1, -0.05) is 19.1 Å². The number of nitrogens with one attached hydrogen (secondary N) is 2. The van der Waals surface area contributed by atoms with Gasteiger partial charge in [0.15, 0.2) is 5.96 Å². The van der Waals surface area contributed by atoms with Crippen molar-refractivity contribution in [3.8, 4) is 0 Å². The van der Waals surface area contributed by atoms with E-state index in [2.05, 4.69) is 27.4 Å². The standard InChI is InChI=1S/C17H27FN4/c1-3-10-22-11-8-16(9-12-22)21-17(19-2)20-13-14-4-6-15(18)7-5-14/h4-7,16H,3,8-13H2,1-2H3,(H2,19,20,21). The fourth-order valence-electron chi connectivity index (χ4n) is 2.79. The van der Waals surface area contributed by atoms with Gasteiger partial charge in [-0.3, -0.25) is 4.99 Å². The zero-order chi connectivity index (χ0) is 15.8. The summed E-state index contributed by atoms with van der Waals surface area (Å²) in [5.74, 6) is 0.614. The van der Waals surface area contributed by atoms with Crippen LogP contribution < -0.4 is 10.6 Å². The molecule has 1 aromatic carbocycles. The van der Waals surface area contributed by atoms with Crippen molar-refractivity contribution in [2.24, 2.45) is 4.99 Å². The molecule has 1 fully saturated rings. The van der Waals surface area contributed by atoms with Crippen LogP contribution in [0.15, 0.2) is 29.3 Å². The summed E-state index contributed by atoms with van der Waals surface area (Å²) >= 11 is 0. The average molecular weight is 306 g/mol. The first-order chi connectivity index (χ1) is 10.7. The van der Waals surface area contributed by atoms with E-state index in [0.29, 0.717) is 12.6 Å². The van der Waals surface area contributed by atoms with Gasteiger partial charge < -0.3 is 15.5 Å². The maximum Gasteiger partial charge on any atom is 0.191 e. The molecule has 1 aromatic rings. The molecule has 0 radical (unpaired) electrons. The second-order valence-electron chi connectivity index (χ2n) is 5.81. The van der Waals surface area contributed by atoms with Crippen LogP contribution in [0.2, 0.25) is 0 Å². The summed E-state index contributed by atoms with van der Waals surface area (Å²) in [5.41, 5.74) is 1.04. The molecule has 0 atom stereocenters. The van der Waals surface area contributed by atoms with Crippen LogP contribution in [0, 0.1) is 5.82 Å². The van der Waals surface area contributed by atoms with E-state index in [1.165, 1.54) is 25.1 Å². The Kier molecular flexibility index (Phi) is 6.65. The first kappa shape index (κ1) is 16.7. The van der Waals surface area contributed by atoms with Crippen LogP contribution in [0.5, 0.6) is 0 Å². The third kappa shape index (κ3) is 5.30. The van der Waals surface area contributed by atoms with Gasteiger partial charge in [0, 0.05) is 32.7 Å². The van der Waals surface area contributed by atoms with Crippen LogP contribution in [0.1, 0.15) is 31.7 Å². The maximum atomic E-state index is 12.9. The molecule has 0 saturated carbocycles. The molecule has 1 heterocycles. The Morgan fingerprint density at radius 3 is 2.55 bits per heavy atom. The van der Waals surface area contributed by atoms with Gasteiger partial charge in [-0.2, -0.15) is 0 Å². The molecule has 4 nitrogen and oxygen atoms in total. The monoisotopic (exact) mass is 306 g/mol. The smallest absolute Gasteiger partial charge is 0.191 e. The number of piperidine rings is 1. The molecular formula is C17H27FN4. The number of nitrogens with zero attached hydrogens (tertiary/aromatic N) is 2. The van der Waals surface area contributed by atoms with Crippen LogP contribution in [-0.4, -0.2) is 43.6 Å². The van der Waals surface area contributed by atoms with Crippen molar-refractivity contribution in [3.05, 3.63) is 35.6 Å². The first-order valence-corrected chi connectivity index (χ1v) is 8.15. The minimum absolute atomic E-state index is 0.204. The lowest BCUT2D eigenvalue weighted by molar-refractivity contribution is 0.206. The second-order valence-corrected chi connectivity index (χ2v) is 5.81. The van der Waals surface area contributed by atoms with E-state index in [4.69, 9.17) is 0 Å². The minimum atomic E-state index is -0.204. The van der Waals surface area contributed by atoms with E-state index < -0.39 is 0 Å². The average Bonchev–Trinajstić information content (AvgIpc) is 2.55. The van der Waals surface area contributed by atoms with Crippen molar-refractivity contribution >= 4 is 5.96 Å². The van der Waals surface area contributed by atoms with Crippen LogP contribution in [-0.2, 0) is 6.54 Å². The number of likely N-dealkylation sites (tertiary alicyclic amines) is 1. The molecule has 0 aliphatic carbocycles. The highest BCUT2D eigenvalue weighted by Gasteiger charge is 2.19. The predicted molar refractivity (Wildman–Crippen MR) is 89.5 cm³/mol. The zero-order valence-electron chi connectivity index (χ0n) is 13.6. The van der Waals surface area contributed by atoms with Gasteiger partial charge in [-0.05, 0) is 43.5 Å². The number of rotatable bonds is 5. The summed E-state index contributed by atoms with van der Waals surface area (Å²) < 4.78 is 12.9. The van der Waals surface area contributed by atoms with Gasteiger partial charge >= 0.3 is 0 Å². The van der Waals surface area contributed by atoms with Crippen molar-refractivity contribution in [2.75, 3.05) is 26.7 Å². The third-order valence-corrected chi connectivity index (χ3v) is 4.07. The molecule has 0 bridgehead atoms. The first-order valence-electron chi connectivity index (χ1n) is 8.15. The van der Waals surface area contributed by atoms with E-state index in [0.717, 1.165) is 37.5 Å². The quantitative estimate of drug-likeness (QED) is 0.648. The van der Waals surface area contributed by atoms with E-state index in [-0.39, 0.29) is 5.82 Å². The maximum absolute atomic E-state index is 12.9. The normalized spacial score (nSPS) is 17.5. The Morgan fingerprint density at radius 1 is 1.27 bits per heavy atom. The van der Waals surface area contributed by atoms with Gasteiger partial charge in [0.05, 0.1) is 0 Å². The molecule has 1 aliphatic rings. The predicted octanol–water partition coefficient (Wildman–Crippen LogP) is 2.37. The summed E-state index contributed by atoms with van der Waals surface area (Å²) in [6.07, 6.45) is 3.52. The van der Waals surface area contributed by atoms with Crippen molar-refractivity contribution in [3.63, 3.8) is 0 Å². The van der Waals surface area contributed by atoms with E-state index in [1.54, 1.807) is 19.2 Å². The van der Waals surface area contributed by atoms with Crippen LogP contribution in [0.4, 0.5) is 4.39 Å². The van der Waals surface area contributed by atoms with Crippen molar-refractivity contribution < 1.29 is 4.39 Å². The molecule has 1 saturated heterocycles. The van der Waals surface area contributed by atoms with Crippen LogP contribution in [0.3, 0.4) is 0 Å². The number of hydrogen-bond acceptors (Lipinski definition) is 2. The van der Waals surface area contributed by atoms with E-state index in [1.807, 2.05) is 0 Å². The van der Waals surface area contributed by atoms with Crippen molar-refractivity contribution in [1.82, 2.24) is 15.5 Å². The molecule has 0 amide bonds. The van der Waals surface area contributed by atoms with E-state index in [9.17, 15) is 4.39 Å². The lowest BCUT2D eigenvalue weighted by Crippen LogP contribution is -2.48. The molecule has 2 N–H and O–H groups in total. The summed E-state index contributed by atoms with van der Waals surface area (Å²) in [6.45, 7) is 6.38. The van der Waals surface area contributed by atoms with Gasteiger partial charge in [0.25, 0.3) is 0 Å². The second kappa shape index (κ2) is 8.73. The lowest BCUT2D eigenvalue weighted by Gasteiger charge is -2.32. The van der Waals surface area contributed by atoms with Gasteiger partial charge in [0.2, 0.25) is 0 Å². The molecule has 122 valence electrons. The molecule has 5 heteroatoms. The SMILES string of the molecule is CCCN1CCC(NC(=NC)NCc2ccc(F)cc2)CC1. The molecule has 0 unspecified atom stereocenters. The van der Waals surface area contributed by atoms with Gasteiger partial charge in [-0.25, -0.2) is 4.39 Å². The fraction of sp³-hybridized carbons (Fsp3) is 0.588. The molecule has 22 heavy (non-hydrogen) atoms. The van der Waals surface area contributed by atoms with Gasteiger partial charge in [0.1, 0.15) is 5.82 Å². The number of hydrogen-bond donors (Lipinski definition) is 2. The third-order valence-electron chi connectivity index (χ3n) is 4.07. The van der Waals surface area contributed by atoms with Crippen molar-refractivity contribution in [1.29, 1.82) is 0 Å². The molecule has 0 spiro atoms. The van der Waals surface area contributed by atoms with Crippen LogP contribution in [0.25, 0.3) is 0 Å². The molecule has 1 aliphatic heterocycles. The molecular weight excluding hydrogens is 279 g/mol. The highest BCUT2D eigenvalue weighted by molar-refractivity contribution is 5.79. The Labute approximate surface area is 132 Å². The summed E-state index contributed by atoms with van der Waals surface area (Å²) in [6, 6.07) is 7.03. The zero-order valence-corrected chi connectivity index (χ0v) is 13.6. The highest BCUT2D eigenvalue weighted by Crippen LogP contribution is 2.10. The van der Waals surface area contributed by atoms with E-state index >= 15 is 0 Å². The Hall–Kier alpha value is -1.62. The van der Waals surface area contributed by atoms with Gasteiger partial charge in [-0.15, -0.1) is 0 Å². The fourth-order valence-corrected chi connectivity index (χ4v) is 2.79. The number of aliphatic imine (C=N–C) groups is 1. The largest absolute Gasteiger partial charge is 0.354 e. The summed E-state index contributed by atoms with van der Waals surface area (Å²) in [5, 5.41) is 6.78. The summed E-state index contributed by atoms with van der Waals surface area (Å²) in [7, 11) is 1.78. The van der Waals surface area contributed by atoms with Crippen molar-refractivity contribution in [2.45, 2.75) is 38.8 Å². The Morgan fingerprint density at radius 2 is 1.95 bits per heavy atom. The number of guanidine groups is 1. The number of halogens is 1. The minimum Gasteiger partial charge on any atom is -0.354 e. The lowest BCUT2D eigenvalue weighted by atomic mass is 10.1. The van der Waals surface area contributed by atoms with Crippen LogP contribution >= 0.6 is 0 Å². The Bertz CT molecular complexity index is 464. The number of benzene rings is 1. The summed E-state index contributed by atoms with van der Waals surface area (Å²) in [4.78, 5) is 6.80. The Balaban J connectivity index is 1.75. The molecule has 0 aromatic heterocycles. The topological polar surface area (TPSA) is 39.7 Å². The molecule has 2 rings (SSSR count). The highest BCUT2D eigenvalue weighted by atomic mass is 19.1.